The fraction of sp³-hybridized carbons (Fsp3) is 0.786. The van der Waals surface area contributed by atoms with Crippen LogP contribution >= 0.6 is 7.26 Å². The van der Waals surface area contributed by atoms with E-state index in [4.69, 9.17) is 4.55 Å². The highest BCUT2D eigenvalue weighted by molar-refractivity contribution is 7.85. The van der Waals surface area contributed by atoms with Crippen molar-refractivity contribution in [1.82, 2.24) is 0 Å². The predicted octanol–water partition coefficient (Wildman–Crippen LogP) is 9.26. The molecule has 3 nitrogen and oxygen atoms in total. The first-order valence-electron chi connectivity index (χ1n) is 13.7. The van der Waals surface area contributed by atoms with Crippen LogP contribution in [-0.2, 0) is 16.5 Å². The van der Waals surface area contributed by atoms with E-state index in [-0.39, 0.29) is 4.90 Å². The number of benzene rings is 1. The molecule has 33 heavy (non-hydrogen) atoms. The smallest absolute Gasteiger partial charge is 0.282 e. The van der Waals surface area contributed by atoms with Gasteiger partial charge >= 0.3 is 0 Å². The number of aryl methyl sites for hydroxylation is 1. The molecule has 0 fully saturated rings. The Bertz CT molecular complexity index is 651. The summed E-state index contributed by atoms with van der Waals surface area (Å²) < 4.78 is 31.2. The molecule has 1 N–H and O–H groups in total. The van der Waals surface area contributed by atoms with Gasteiger partial charge in [-0.3, -0.25) is 4.55 Å². The van der Waals surface area contributed by atoms with Crippen LogP contribution in [0.2, 0.25) is 0 Å². The van der Waals surface area contributed by atoms with Crippen molar-refractivity contribution in [2.24, 2.45) is 0 Å². The standard InChI is InChI=1S/C16H36P.C12H18O3S/c1-5-9-13-17(14-10-6-2,15-11-7-3)16-12-8-4;1-2-3-4-5-8-11-9-6-7-10-12(11)16(13,14)15/h5-16H2,1-4H3;6-7,9-10H,2-5,8H2,1H3,(H,13,14,15)/q+1;. The van der Waals surface area contributed by atoms with E-state index in [1.165, 1.54) is 57.4 Å². The molecule has 0 atom stereocenters. The molecule has 0 radical (unpaired) electrons. The molecule has 0 spiro atoms. The number of hydrogen-bond donors (Lipinski definition) is 1. The fourth-order valence-electron chi connectivity index (χ4n) is 4.35. The predicted molar refractivity (Wildman–Crippen MR) is 150 cm³/mol. The summed E-state index contributed by atoms with van der Waals surface area (Å²) in [7, 11) is -4.64. The van der Waals surface area contributed by atoms with Crippen LogP contribution in [0.3, 0.4) is 0 Å². The van der Waals surface area contributed by atoms with Crippen LogP contribution in [0.4, 0.5) is 0 Å². The van der Waals surface area contributed by atoms with Crippen molar-refractivity contribution in [3.8, 4) is 0 Å². The van der Waals surface area contributed by atoms with E-state index in [2.05, 4.69) is 34.6 Å². The molecule has 0 amide bonds. The van der Waals surface area contributed by atoms with Gasteiger partial charge in [0.1, 0.15) is 0 Å². The Morgan fingerprint density at radius 2 is 1.06 bits per heavy atom. The summed E-state index contributed by atoms with van der Waals surface area (Å²) in [5.74, 6) is 0. The molecule has 0 aliphatic rings. The van der Waals surface area contributed by atoms with Crippen molar-refractivity contribution in [2.75, 3.05) is 24.6 Å². The van der Waals surface area contributed by atoms with Crippen molar-refractivity contribution in [1.29, 1.82) is 0 Å². The van der Waals surface area contributed by atoms with Gasteiger partial charge in [-0.15, -0.1) is 0 Å². The lowest BCUT2D eigenvalue weighted by atomic mass is 10.1. The molecule has 1 aromatic carbocycles. The van der Waals surface area contributed by atoms with E-state index in [0.29, 0.717) is 12.0 Å². The van der Waals surface area contributed by atoms with E-state index in [0.717, 1.165) is 25.7 Å². The highest BCUT2D eigenvalue weighted by Crippen LogP contribution is 2.61. The van der Waals surface area contributed by atoms with Gasteiger partial charge in [0, 0.05) is 7.26 Å². The molecule has 0 saturated carbocycles. The lowest BCUT2D eigenvalue weighted by Crippen LogP contribution is -2.12. The zero-order chi connectivity index (χ0) is 25.0. The van der Waals surface area contributed by atoms with Crippen LogP contribution in [0, 0.1) is 0 Å². The fourth-order valence-corrected chi connectivity index (χ4v) is 10.4. The van der Waals surface area contributed by atoms with Crippen molar-refractivity contribution in [2.45, 2.75) is 123 Å². The van der Waals surface area contributed by atoms with Gasteiger partial charge in [0.15, 0.2) is 0 Å². The van der Waals surface area contributed by atoms with Crippen LogP contribution in [-0.4, -0.2) is 37.6 Å². The Morgan fingerprint density at radius 3 is 1.45 bits per heavy atom. The third-order valence-electron chi connectivity index (χ3n) is 6.49. The zero-order valence-corrected chi connectivity index (χ0v) is 24.2. The van der Waals surface area contributed by atoms with Crippen LogP contribution in [0.15, 0.2) is 29.2 Å². The maximum Gasteiger partial charge on any atom is 0.294 e. The number of rotatable bonds is 18. The first-order valence-corrected chi connectivity index (χ1v) is 17.7. The lowest BCUT2D eigenvalue weighted by molar-refractivity contribution is 0.481. The summed E-state index contributed by atoms with van der Waals surface area (Å²) in [5.41, 5.74) is 0.709. The molecule has 0 unspecified atom stereocenters. The van der Waals surface area contributed by atoms with Crippen LogP contribution < -0.4 is 0 Å². The summed E-state index contributed by atoms with van der Waals surface area (Å²) in [6.07, 6.45) is 23.0. The Kier molecular flexibility index (Phi) is 19.6. The topological polar surface area (TPSA) is 54.4 Å². The average Bonchev–Trinajstić information content (AvgIpc) is 2.81. The second-order valence-corrected chi connectivity index (χ2v) is 15.4. The summed E-state index contributed by atoms with van der Waals surface area (Å²) in [4.78, 5) is 0.0477. The molecule has 5 heteroatoms. The summed E-state index contributed by atoms with van der Waals surface area (Å²) in [6, 6.07) is 6.63. The van der Waals surface area contributed by atoms with Gasteiger partial charge in [0.2, 0.25) is 0 Å². The Morgan fingerprint density at radius 1 is 0.636 bits per heavy atom. The maximum atomic E-state index is 11.1. The van der Waals surface area contributed by atoms with E-state index >= 15 is 0 Å². The summed E-state index contributed by atoms with van der Waals surface area (Å²) in [5, 5.41) is 0. The van der Waals surface area contributed by atoms with Crippen molar-refractivity contribution >= 4 is 17.4 Å². The molecule has 194 valence electrons. The highest BCUT2D eigenvalue weighted by atomic mass is 32.2. The molecule has 0 aliphatic carbocycles. The van der Waals surface area contributed by atoms with Crippen molar-refractivity contribution in [3.05, 3.63) is 29.8 Å². The van der Waals surface area contributed by atoms with Gasteiger partial charge in [-0.05, 0) is 50.2 Å². The quantitative estimate of drug-likeness (QED) is 0.124. The Labute approximate surface area is 207 Å². The van der Waals surface area contributed by atoms with Crippen LogP contribution in [0.25, 0.3) is 0 Å². The van der Waals surface area contributed by atoms with Crippen molar-refractivity contribution in [3.63, 3.8) is 0 Å². The van der Waals surface area contributed by atoms with Gasteiger partial charge in [0.25, 0.3) is 10.1 Å². The van der Waals surface area contributed by atoms with Gasteiger partial charge in [0.05, 0.1) is 29.5 Å². The Balaban J connectivity index is 0.000000621. The lowest BCUT2D eigenvalue weighted by Gasteiger charge is -2.28. The van der Waals surface area contributed by atoms with Crippen LogP contribution in [0.5, 0.6) is 0 Å². The third-order valence-corrected chi connectivity index (χ3v) is 12.5. The van der Waals surface area contributed by atoms with E-state index in [1.807, 2.05) is 0 Å². The van der Waals surface area contributed by atoms with E-state index < -0.39 is 17.4 Å². The van der Waals surface area contributed by atoms with E-state index in [9.17, 15) is 8.42 Å². The number of unbranched alkanes of at least 4 members (excludes halogenated alkanes) is 7. The maximum absolute atomic E-state index is 11.1. The minimum atomic E-state index is -4.08. The normalized spacial score (nSPS) is 11.8. The molecular weight excluding hydrogens is 447 g/mol. The SMILES string of the molecule is CCCCCCc1ccccc1S(=O)(=O)O.CCCC[P+](CCCC)(CCCC)CCCC. The molecule has 0 bridgehead atoms. The molecule has 0 aromatic heterocycles. The number of hydrogen-bond acceptors (Lipinski definition) is 2. The molecule has 1 rings (SSSR count). The first kappa shape index (κ1) is 32.6. The molecule has 0 heterocycles. The highest BCUT2D eigenvalue weighted by Gasteiger charge is 2.34. The largest absolute Gasteiger partial charge is 0.294 e. The van der Waals surface area contributed by atoms with Gasteiger partial charge in [-0.1, -0.05) is 97.8 Å². The van der Waals surface area contributed by atoms with Gasteiger partial charge in [-0.2, -0.15) is 8.42 Å². The summed E-state index contributed by atoms with van der Waals surface area (Å²) >= 11 is 0. The van der Waals surface area contributed by atoms with Crippen LogP contribution in [0.1, 0.15) is 117 Å². The second-order valence-electron chi connectivity index (χ2n) is 9.54. The minimum Gasteiger partial charge on any atom is -0.282 e. The van der Waals surface area contributed by atoms with Crippen molar-refractivity contribution < 1.29 is 13.0 Å². The molecule has 0 saturated heterocycles. The molecular formula is C28H54O3PS+. The molecule has 1 aromatic rings. The first-order chi connectivity index (χ1) is 15.8. The zero-order valence-electron chi connectivity index (χ0n) is 22.4. The monoisotopic (exact) mass is 501 g/mol. The Hall–Kier alpha value is -0.440. The minimum absolute atomic E-state index is 0.0477. The second kappa shape index (κ2) is 19.8. The van der Waals surface area contributed by atoms with Gasteiger partial charge < -0.3 is 0 Å². The average molecular weight is 502 g/mol. The third kappa shape index (κ3) is 15.2. The summed E-state index contributed by atoms with van der Waals surface area (Å²) in [6.45, 7) is 11.6. The molecule has 0 aliphatic heterocycles. The van der Waals surface area contributed by atoms with Gasteiger partial charge in [-0.25, -0.2) is 0 Å². The van der Waals surface area contributed by atoms with E-state index in [1.54, 1.807) is 42.8 Å².